The minimum atomic E-state index is -1.02. The number of carbonyl (C=O) groups is 3. The Morgan fingerprint density at radius 3 is 2.40 bits per heavy atom. The van der Waals surface area contributed by atoms with Crippen LogP contribution in [-0.2, 0) is 23.1 Å². The Labute approximate surface area is 202 Å². The molecule has 3 aromatic rings. The monoisotopic (exact) mass is 474 g/mol. The van der Waals surface area contributed by atoms with Gasteiger partial charge in [-0.3, -0.25) is 9.48 Å². The van der Waals surface area contributed by atoms with E-state index in [4.69, 9.17) is 4.74 Å². The summed E-state index contributed by atoms with van der Waals surface area (Å²) in [6.07, 6.45) is 1.96. The number of fused-ring (bicyclic) bond motifs is 3. The fourth-order valence-corrected chi connectivity index (χ4v) is 5.11. The second-order valence-electron chi connectivity index (χ2n) is 8.82. The van der Waals surface area contributed by atoms with Crippen LogP contribution in [-0.4, -0.2) is 57.0 Å². The second kappa shape index (κ2) is 9.25. The number of aryl methyl sites for hydroxylation is 1. The second-order valence-corrected chi connectivity index (χ2v) is 8.82. The summed E-state index contributed by atoms with van der Waals surface area (Å²) in [4.78, 5) is 38.5. The largest absolute Gasteiger partial charge is 0.480 e. The first-order valence-electron chi connectivity index (χ1n) is 11.6. The molecule has 2 aliphatic rings. The van der Waals surface area contributed by atoms with Crippen LogP contribution in [0, 0.1) is 0 Å². The minimum absolute atomic E-state index is 0.0389. The fraction of sp³-hybridized carbons (Fsp3) is 0.308. The summed E-state index contributed by atoms with van der Waals surface area (Å²) in [6.45, 7) is 0.601. The van der Waals surface area contributed by atoms with Crippen LogP contribution in [0.1, 0.15) is 45.9 Å². The SMILES string of the molecule is Cn1ncc(CNC(=O)OCC2c3ccccc3-c3ccccc32)c1C(=O)N1CCCC1C(=O)O. The Kier molecular flexibility index (Phi) is 5.98. The Hall–Kier alpha value is -4.14. The van der Waals surface area contributed by atoms with Crippen molar-refractivity contribution in [3.63, 3.8) is 0 Å². The van der Waals surface area contributed by atoms with Crippen LogP contribution < -0.4 is 5.32 Å². The van der Waals surface area contributed by atoms with Crippen molar-refractivity contribution < 1.29 is 24.2 Å². The molecule has 2 aromatic carbocycles. The number of aliphatic carboxylic acids is 1. The molecule has 9 heteroatoms. The van der Waals surface area contributed by atoms with Gasteiger partial charge >= 0.3 is 12.1 Å². The van der Waals surface area contributed by atoms with Gasteiger partial charge in [-0.25, -0.2) is 9.59 Å². The molecule has 0 saturated carbocycles. The molecule has 2 N–H and O–H groups in total. The maximum atomic E-state index is 13.1. The summed E-state index contributed by atoms with van der Waals surface area (Å²) < 4.78 is 6.98. The molecule has 1 fully saturated rings. The lowest BCUT2D eigenvalue weighted by molar-refractivity contribution is -0.141. The van der Waals surface area contributed by atoms with Crippen molar-refractivity contribution in [2.24, 2.45) is 7.05 Å². The van der Waals surface area contributed by atoms with E-state index in [0.29, 0.717) is 24.9 Å². The zero-order valence-corrected chi connectivity index (χ0v) is 19.3. The number of benzene rings is 2. The van der Waals surface area contributed by atoms with Crippen molar-refractivity contribution in [1.29, 1.82) is 0 Å². The Bertz CT molecular complexity index is 1250. The smallest absolute Gasteiger partial charge is 0.407 e. The molecule has 9 nitrogen and oxygen atoms in total. The molecular weight excluding hydrogens is 448 g/mol. The molecule has 35 heavy (non-hydrogen) atoms. The lowest BCUT2D eigenvalue weighted by atomic mass is 9.98. The molecule has 1 atom stereocenters. The van der Waals surface area contributed by atoms with Crippen molar-refractivity contribution in [3.8, 4) is 11.1 Å². The molecule has 180 valence electrons. The van der Waals surface area contributed by atoms with Gasteiger partial charge < -0.3 is 20.1 Å². The Morgan fingerprint density at radius 2 is 1.74 bits per heavy atom. The normalized spacial score (nSPS) is 16.6. The zero-order valence-electron chi connectivity index (χ0n) is 19.3. The molecule has 0 bridgehead atoms. The molecule has 5 rings (SSSR count). The number of nitrogens with zero attached hydrogens (tertiary/aromatic N) is 3. The predicted molar refractivity (Wildman–Crippen MR) is 127 cm³/mol. The molecule has 1 unspecified atom stereocenters. The number of carboxylic acids is 1. The number of carboxylic acid groups (broad SMARTS) is 1. The summed E-state index contributed by atoms with van der Waals surface area (Å²) in [7, 11) is 1.62. The average molecular weight is 475 g/mol. The summed E-state index contributed by atoms with van der Waals surface area (Å²) >= 11 is 0. The average Bonchev–Trinajstić information content (AvgIpc) is 3.57. The fourth-order valence-electron chi connectivity index (χ4n) is 5.11. The lowest BCUT2D eigenvalue weighted by Gasteiger charge is -2.22. The first kappa shape index (κ1) is 22.6. The topological polar surface area (TPSA) is 114 Å². The maximum Gasteiger partial charge on any atom is 0.407 e. The highest BCUT2D eigenvalue weighted by molar-refractivity contribution is 5.96. The highest BCUT2D eigenvalue weighted by Crippen LogP contribution is 2.44. The van der Waals surface area contributed by atoms with Crippen LogP contribution in [0.3, 0.4) is 0 Å². The third kappa shape index (κ3) is 4.14. The standard InChI is InChI=1S/C26H26N4O5/c1-29-23(24(31)30-12-6-11-22(30)25(32)33)16(14-28-29)13-27-26(34)35-15-21-19-9-4-2-7-17(19)18-8-3-5-10-20(18)21/h2-5,7-10,14,21-22H,6,11-13,15H2,1H3,(H,27,34)(H,32,33). The molecule has 2 heterocycles. The predicted octanol–water partition coefficient (Wildman–Crippen LogP) is 3.15. The van der Waals surface area contributed by atoms with Crippen LogP contribution in [0.5, 0.6) is 0 Å². The first-order valence-corrected chi connectivity index (χ1v) is 11.6. The number of hydrogen-bond donors (Lipinski definition) is 2. The number of ether oxygens (including phenoxy) is 1. The third-order valence-corrected chi connectivity index (χ3v) is 6.78. The van der Waals surface area contributed by atoms with Crippen molar-refractivity contribution in [1.82, 2.24) is 20.0 Å². The number of carbonyl (C=O) groups excluding carboxylic acids is 2. The van der Waals surface area contributed by atoms with E-state index >= 15 is 0 Å². The van der Waals surface area contributed by atoms with Crippen LogP contribution in [0.15, 0.2) is 54.7 Å². The number of amides is 2. The molecule has 1 aliphatic heterocycles. The number of rotatable bonds is 6. The van der Waals surface area contributed by atoms with Gasteiger partial charge in [0.05, 0.1) is 12.7 Å². The van der Waals surface area contributed by atoms with E-state index in [1.807, 2.05) is 24.3 Å². The van der Waals surface area contributed by atoms with Crippen LogP contribution >= 0.6 is 0 Å². The van der Waals surface area contributed by atoms with Gasteiger partial charge in [-0.1, -0.05) is 48.5 Å². The zero-order chi connectivity index (χ0) is 24.5. The van der Waals surface area contributed by atoms with Crippen LogP contribution in [0.4, 0.5) is 4.79 Å². The molecule has 1 saturated heterocycles. The van der Waals surface area contributed by atoms with E-state index < -0.39 is 24.0 Å². The van der Waals surface area contributed by atoms with E-state index in [1.54, 1.807) is 7.05 Å². The highest BCUT2D eigenvalue weighted by atomic mass is 16.5. The van der Waals surface area contributed by atoms with Gasteiger partial charge in [0, 0.05) is 25.1 Å². The van der Waals surface area contributed by atoms with E-state index in [1.165, 1.54) is 15.8 Å². The van der Waals surface area contributed by atoms with Gasteiger partial charge in [-0.15, -0.1) is 0 Å². The van der Waals surface area contributed by atoms with Gasteiger partial charge in [0.1, 0.15) is 18.3 Å². The van der Waals surface area contributed by atoms with Crippen molar-refractivity contribution >= 4 is 18.0 Å². The number of aromatic nitrogens is 2. The quantitative estimate of drug-likeness (QED) is 0.567. The summed E-state index contributed by atoms with van der Waals surface area (Å²) in [5.74, 6) is -1.47. The van der Waals surface area contributed by atoms with Crippen LogP contribution in [0.25, 0.3) is 11.1 Å². The summed E-state index contributed by atoms with van der Waals surface area (Å²) in [5.41, 5.74) is 5.31. The van der Waals surface area contributed by atoms with Gasteiger partial charge in [0.2, 0.25) is 0 Å². The molecule has 0 spiro atoms. The van der Waals surface area contributed by atoms with Gasteiger partial charge in [0.25, 0.3) is 5.91 Å². The van der Waals surface area contributed by atoms with E-state index in [2.05, 4.69) is 34.7 Å². The van der Waals surface area contributed by atoms with E-state index in [9.17, 15) is 19.5 Å². The van der Waals surface area contributed by atoms with Gasteiger partial charge in [-0.2, -0.15) is 5.10 Å². The van der Waals surface area contributed by atoms with Crippen molar-refractivity contribution in [2.45, 2.75) is 31.3 Å². The molecular formula is C26H26N4O5. The number of alkyl carbamates (subject to hydrolysis) is 1. The highest BCUT2D eigenvalue weighted by Gasteiger charge is 2.36. The van der Waals surface area contributed by atoms with Gasteiger partial charge in [0.15, 0.2) is 0 Å². The first-order chi connectivity index (χ1) is 17.0. The molecule has 1 aliphatic carbocycles. The van der Waals surface area contributed by atoms with Gasteiger partial charge in [-0.05, 0) is 35.1 Å². The maximum absolute atomic E-state index is 13.1. The number of likely N-dealkylation sites (tertiary alicyclic amines) is 1. The van der Waals surface area contributed by atoms with Crippen LogP contribution in [0.2, 0.25) is 0 Å². The molecule has 2 amide bonds. The summed E-state index contributed by atoms with van der Waals surface area (Å²) in [6, 6.07) is 15.4. The lowest BCUT2D eigenvalue weighted by Crippen LogP contribution is -2.41. The Balaban J connectivity index is 1.24. The van der Waals surface area contributed by atoms with E-state index in [-0.39, 0.29) is 24.8 Å². The molecule has 1 aromatic heterocycles. The third-order valence-electron chi connectivity index (χ3n) is 6.78. The van der Waals surface area contributed by atoms with Crippen molar-refractivity contribution in [2.75, 3.05) is 13.2 Å². The summed E-state index contributed by atoms with van der Waals surface area (Å²) in [5, 5.41) is 16.3. The van der Waals surface area contributed by atoms with Crippen molar-refractivity contribution in [3.05, 3.63) is 77.1 Å². The Morgan fingerprint density at radius 1 is 1.09 bits per heavy atom. The van der Waals surface area contributed by atoms with E-state index in [0.717, 1.165) is 22.3 Å². The minimum Gasteiger partial charge on any atom is -0.480 e. The number of nitrogens with one attached hydrogen (secondary N) is 1. The number of hydrogen-bond acceptors (Lipinski definition) is 5. The molecule has 0 radical (unpaired) electrons.